The summed E-state index contributed by atoms with van der Waals surface area (Å²) in [5, 5.41) is 4.47. The van der Waals surface area contributed by atoms with E-state index in [1.165, 1.54) is 13.3 Å². The average molecular weight is 359 g/mol. The van der Waals surface area contributed by atoms with Crippen molar-refractivity contribution in [2.75, 3.05) is 13.6 Å². The summed E-state index contributed by atoms with van der Waals surface area (Å²) in [7, 11) is 1.27. The Kier molecular flexibility index (Phi) is 9.00. The van der Waals surface area contributed by atoms with Crippen molar-refractivity contribution in [2.24, 2.45) is 5.10 Å². The third kappa shape index (κ3) is 10.5. The van der Waals surface area contributed by atoms with E-state index in [0.29, 0.717) is 6.42 Å². The molecule has 0 spiro atoms. The van der Waals surface area contributed by atoms with E-state index < -0.39 is 12.7 Å². The lowest BCUT2D eigenvalue weighted by Crippen LogP contribution is -2.27. The van der Waals surface area contributed by atoms with E-state index in [2.05, 4.69) is 45.7 Å². The van der Waals surface area contributed by atoms with Gasteiger partial charge in [-0.2, -0.15) is 18.3 Å². The van der Waals surface area contributed by atoms with Crippen molar-refractivity contribution in [1.82, 2.24) is 5.01 Å². The first-order valence-electron chi connectivity index (χ1n) is 5.75. The van der Waals surface area contributed by atoms with Crippen LogP contribution in [0.3, 0.4) is 0 Å². The van der Waals surface area contributed by atoms with Gasteiger partial charge in [0.2, 0.25) is 0 Å². The second kappa shape index (κ2) is 9.90. The van der Waals surface area contributed by atoms with E-state index in [1.807, 2.05) is 24.3 Å². The Balaban J connectivity index is 0.00000191. The number of nitrogens with zero attached hydrogens (tertiary/aromatic N) is 2. The molecule has 2 nitrogen and oxygen atoms in total. The van der Waals surface area contributed by atoms with Gasteiger partial charge in [-0.25, -0.2) is 0 Å². The predicted molar refractivity (Wildman–Crippen MR) is 82.7 cm³/mol. The van der Waals surface area contributed by atoms with Crippen LogP contribution in [0.5, 0.6) is 0 Å². The Labute approximate surface area is 131 Å². The molecule has 21 heavy (non-hydrogen) atoms. The Morgan fingerprint density at radius 1 is 1.38 bits per heavy atom. The monoisotopic (exact) mass is 358 g/mol. The minimum absolute atomic E-state index is 0.300. The summed E-state index contributed by atoms with van der Waals surface area (Å²) in [6.45, 7) is -1.07. The Hall–Kier alpha value is -1.92. The second-order valence-corrected chi connectivity index (χ2v) is 4.66. The quantitative estimate of drug-likeness (QED) is 0.454. The van der Waals surface area contributed by atoms with Gasteiger partial charge in [0, 0.05) is 29.7 Å². The summed E-state index contributed by atoms with van der Waals surface area (Å²) in [5.74, 6) is 5.71. The molecule has 112 valence electrons. The van der Waals surface area contributed by atoms with E-state index in [0.717, 1.165) is 15.0 Å². The normalized spacial score (nSPS) is 10.2. The molecule has 0 saturated heterocycles. The predicted octanol–water partition coefficient (Wildman–Crippen LogP) is 3.92. The summed E-state index contributed by atoms with van der Waals surface area (Å²) >= 11 is 3.32. The molecule has 0 aliphatic carbocycles. The summed E-state index contributed by atoms with van der Waals surface area (Å²) in [5.41, 5.74) is 0.839. The standard InChI is InChI=1S/C13H12BrF3N2.C2H2/c1-19(10-13(15,16)17)18-8-3-2-5-11-6-4-7-12(14)9-11;1-2/h4,6-9H,3,10H2,1H3;1-2H/b18-8-;. The van der Waals surface area contributed by atoms with E-state index in [-0.39, 0.29) is 0 Å². The maximum absolute atomic E-state index is 12.0. The lowest BCUT2D eigenvalue weighted by molar-refractivity contribution is -0.142. The van der Waals surface area contributed by atoms with Crippen LogP contribution in [0.25, 0.3) is 0 Å². The molecule has 0 aromatic heterocycles. The number of rotatable bonds is 3. The Morgan fingerprint density at radius 3 is 2.62 bits per heavy atom. The van der Waals surface area contributed by atoms with Gasteiger partial charge < -0.3 is 0 Å². The lowest BCUT2D eigenvalue weighted by atomic mass is 10.2. The zero-order valence-corrected chi connectivity index (χ0v) is 12.9. The van der Waals surface area contributed by atoms with E-state index in [1.54, 1.807) is 0 Å². The third-order valence-corrected chi connectivity index (χ3v) is 2.43. The topological polar surface area (TPSA) is 15.6 Å². The Bertz CT molecular complexity index is 539. The van der Waals surface area contributed by atoms with Crippen molar-refractivity contribution in [3.8, 4) is 24.7 Å². The van der Waals surface area contributed by atoms with Crippen molar-refractivity contribution < 1.29 is 13.2 Å². The molecule has 1 aromatic carbocycles. The van der Waals surface area contributed by atoms with Gasteiger partial charge in [-0.3, -0.25) is 5.01 Å². The minimum Gasteiger partial charge on any atom is -0.291 e. The van der Waals surface area contributed by atoms with Crippen molar-refractivity contribution >= 4 is 22.1 Å². The van der Waals surface area contributed by atoms with E-state index >= 15 is 0 Å². The number of terminal acetylenes is 1. The first-order valence-corrected chi connectivity index (χ1v) is 6.54. The van der Waals surface area contributed by atoms with Crippen molar-refractivity contribution in [3.05, 3.63) is 34.3 Å². The minimum atomic E-state index is -4.24. The van der Waals surface area contributed by atoms with Crippen LogP contribution in [0.15, 0.2) is 33.8 Å². The molecule has 6 heteroatoms. The SMILES string of the molecule is C#C.CN(CC(F)(F)F)/N=C\CC#Cc1cccc(Br)c1. The Morgan fingerprint density at radius 2 is 2.05 bits per heavy atom. The van der Waals surface area contributed by atoms with Gasteiger partial charge in [-0.05, 0) is 18.2 Å². The van der Waals surface area contributed by atoms with Gasteiger partial charge in [0.05, 0.1) is 0 Å². The van der Waals surface area contributed by atoms with Gasteiger partial charge in [0.1, 0.15) is 6.54 Å². The largest absolute Gasteiger partial charge is 0.407 e. The number of alkyl halides is 3. The zero-order valence-electron chi connectivity index (χ0n) is 11.4. The van der Waals surface area contributed by atoms with Crippen LogP contribution in [0.2, 0.25) is 0 Å². The fourth-order valence-electron chi connectivity index (χ4n) is 1.25. The van der Waals surface area contributed by atoms with Gasteiger partial charge in [0.15, 0.2) is 0 Å². The van der Waals surface area contributed by atoms with Crippen LogP contribution in [0, 0.1) is 24.7 Å². The number of benzene rings is 1. The molecular formula is C15H14BrF3N2. The van der Waals surface area contributed by atoms with Crippen molar-refractivity contribution in [1.29, 1.82) is 0 Å². The van der Waals surface area contributed by atoms with Crippen LogP contribution in [0.1, 0.15) is 12.0 Å². The highest BCUT2D eigenvalue weighted by Crippen LogP contribution is 2.15. The molecule has 0 heterocycles. The zero-order chi connectivity index (χ0) is 16.3. The fraction of sp³-hybridized carbons (Fsp3) is 0.267. The first-order chi connectivity index (χ1) is 9.87. The molecule has 0 fully saturated rings. The second-order valence-electron chi connectivity index (χ2n) is 3.75. The number of hydrazone groups is 1. The highest BCUT2D eigenvalue weighted by molar-refractivity contribution is 9.10. The molecule has 0 saturated carbocycles. The van der Waals surface area contributed by atoms with Crippen LogP contribution in [0.4, 0.5) is 13.2 Å². The molecule has 0 aliphatic rings. The van der Waals surface area contributed by atoms with Crippen LogP contribution >= 0.6 is 15.9 Å². The molecule has 0 amide bonds. The third-order valence-electron chi connectivity index (χ3n) is 1.94. The molecule has 0 N–H and O–H groups in total. The molecular weight excluding hydrogens is 345 g/mol. The molecule has 0 atom stereocenters. The fourth-order valence-corrected chi connectivity index (χ4v) is 1.64. The lowest BCUT2D eigenvalue weighted by Gasteiger charge is -2.14. The molecule has 1 aromatic rings. The molecule has 0 unspecified atom stereocenters. The van der Waals surface area contributed by atoms with Crippen LogP contribution < -0.4 is 0 Å². The molecule has 0 aliphatic heterocycles. The van der Waals surface area contributed by atoms with E-state index in [4.69, 9.17) is 0 Å². The van der Waals surface area contributed by atoms with Gasteiger partial charge in [0.25, 0.3) is 0 Å². The molecule has 0 bridgehead atoms. The first kappa shape index (κ1) is 19.1. The van der Waals surface area contributed by atoms with Crippen molar-refractivity contribution in [3.63, 3.8) is 0 Å². The summed E-state index contributed by atoms with van der Waals surface area (Å²) < 4.78 is 36.9. The van der Waals surface area contributed by atoms with Crippen LogP contribution in [-0.4, -0.2) is 31.0 Å². The number of hydrogen-bond acceptors (Lipinski definition) is 2. The van der Waals surface area contributed by atoms with Gasteiger partial charge in [-0.15, -0.1) is 12.8 Å². The van der Waals surface area contributed by atoms with Crippen LogP contribution in [-0.2, 0) is 0 Å². The summed E-state index contributed by atoms with van der Waals surface area (Å²) in [6.07, 6.45) is 5.42. The van der Waals surface area contributed by atoms with E-state index in [9.17, 15) is 13.2 Å². The molecule has 0 radical (unpaired) electrons. The highest BCUT2D eigenvalue weighted by atomic mass is 79.9. The van der Waals surface area contributed by atoms with Gasteiger partial charge >= 0.3 is 6.18 Å². The maximum atomic E-state index is 12.0. The van der Waals surface area contributed by atoms with Gasteiger partial charge in [-0.1, -0.05) is 33.8 Å². The summed E-state index contributed by atoms with van der Waals surface area (Å²) in [6, 6.07) is 7.46. The average Bonchev–Trinajstić information content (AvgIpc) is 2.38. The summed E-state index contributed by atoms with van der Waals surface area (Å²) in [4.78, 5) is 0. The highest BCUT2D eigenvalue weighted by Gasteiger charge is 2.28. The number of hydrogen-bond donors (Lipinski definition) is 0. The maximum Gasteiger partial charge on any atom is 0.407 e. The number of halogens is 4. The molecule has 1 rings (SSSR count). The smallest absolute Gasteiger partial charge is 0.291 e. The van der Waals surface area contributed by atoms with Crippen molar-refractivity contribution in [2.45, 2.75) is 12.6 Å².